The molecule has 84 valence electrons. The minimum Gasteiger partial charge on any atom is -0.236 e. The number of nitrogens with zero attached hydrogens (tertiary/aromatic N) is 3. The van der Waals surface area contributed by atoms with E-state index in [1.165, 1.54) is 30.2 Å². The monoisotopic (exact) mass is 241 g/mol. The number of thioether (sulfide) groups is 1. The summed E-state index contributed by atoms with van der Waals surface area (Å²) in [5.74, 6) is -1.17. The van der Waals surface area contributed by atoms with Crippen molar-refractivity contribution in [2.45, 2.75) is 11.7 Å². The molecule has 0 aliphatic heterocycles. The molecule has 3 nitrogen and oxygen atoms in total. The second-order valence-corrected chi connectivity index (χ2v) is 3.96. The van der Waals surface area contributed by atoms with Gasteiger partial charge >= 0.3 is 0 Å². The first-order valence-electron chi connectivity index (χ1n) is 4.56. The maximum absolute atomic E-state index is 12.9. The fraction of sp³-hybridized carbons (Fsp3) is 0.200. The summed E-state index contributed by atoms with van der Waals surface area (Å²) in [5.41, 5.74) is 0.526. The maximum atomic E-state index is 12.9. The largest absolute Gasteiger partial charge is 0.236 e. The smallest absolute Gasteiger partial charge is 0.186 e. The van der Waals surface area contributed by atoms with Crippen LogP contribution in [0.25, 0.3) is 0 Å². The lowest BCUT2D eigenvalue weighted by atomic mass is 10.2. The molecule has 1 aromatic heterocycles. The fourth-order valence-corrected chi connectivity index (χ4v) is 1.87. The van der Waals surface area contributed by atoms with Crippen LogP contribution >= 0.6 is 11.8 Å². The van der Waals surface area contributed by atoms with Gasteiger partial charge in [-0.25, -0.2) is 18.4 Å². The van der Waals surface area contributed by atoms with Gasteiger partial charge in [-0.05, 0) is 24.0 Å². The Balaban J connectivity index is 2.26. The first-order chi connectivity index (χ1) is 7.69. The molecule has 0 saturated carbocycles. The molecule has 0 aliphatic rings. The topological polar surface area (TPSA) is 30.7 Å². The highest BCUT2D eigenvalue weighted by Gasteiger charge is 2.05. The van der Waals surface area contributed by atoms with Gasteiger partial charge in [-0.1, -0.05) is 11.8 Å². The molecule has 0 atom stereocenters. The van der Waals surface area contributed by atoms with Gasteiger partial charge < -0.3 is 0 Å². The Kier molecular flexibility index (Phi) is 3.19. The lowest BCUT2D eigenvalue weighted by Gasteiger charge is -2.04. The molecule has 1 heterocycles. The van der Waals surface area contributed by atoms with Crippen molar-refractivity contribution in [3.63, 3.8) is 0 Å². The van der Waals surface area contributed by atoms with Crippen LogP contribution in [-0.2, 0) is 6.54 Å². The Bertz CT molecular complexity index is 478. The van der Waals surface area contributed by atoms with Gasteiger partial charge in [-0.3, -0.25) is 0 Å². The van der Waals surface area contributed by atoms with Crippen LogP contribution in [0, 0.1) is 11.6 Å². The molecule has 1 aromatic carbocycles. The molecule has 2 rings (SSSR count). The van der Waals surface area contributed by atoms with Crippen LogP contribution < -0.4 is 0 Å². The molecule has 0 unspecified atom stereocenters. The quantitative estimate of drug-likeness (QED) is 0.773. The van der Waals surface area contributed by atoms with Gasteiger partial charge in [0, 0.05) is 6.07 Å². The summed E-state index contributed by atoms with van der Waals surface area (Å²) >= 11 is 1.43. The molecule has 0 N–H and O–H groups in total. The van der Waals surface area contributed by atoms with Crippen LogP contribution in [0.4, 0.5) is 8.78 Å². The predicted octanol–water partition coefficient (Wildman–Crippen LogP) is 2.33. The third kappa shape index (κ3) is 2.38. The number of rotatable bonds is 3. The van der Waals surface area contributed by atoms with Crippen LogP contribution in [0.2, 0.25) is 0 Å². The van der Waals surface area contributed by atoms with E-state index in [4.69, 9.17) is 0 Å². The Hall–Kier alpha value is -1.43. The normalized spacial score (nSPS) is 10.7. The van der Waals surface area contributed by atoms with Gasteiger partial charge in [-0.2, -0.15) is 5.10 Å². The van der Waals surface area contributed by atoms with E-state index < -0.39 is 11.6 Å². The average Bonchev–Trinajstić information content (AvgIpc) is 2.63. The Morgan fingerprint density at radius 2 is 1.94 bits per heavy atom. The van der Waals surface area contributed by atoms with E-state index in [1.807, 2.05) is 6.26 Å². The molecule has 0 amide bonds. The van der Waals surface area contributed by atoms with E-state index in [1.54, 1.807) is 4.68 Å². The van der Waals surface area contributed by atoms with E-state index in [0.717, 1.165) is 6.07 Å². The molecule has 16 heavy (non-hydrogen) atoms. The SMILES string of the molecule is CSc1ncnn1Cc1cc(F)cc(F)c1. The van der Waals surface area contributed by atoms with E-state index in [9.17, 15) is 8.78 Å². The zero-order valence-electron chi connectivity index (χ0n) is 8.52. The number of aromatic nitrogens is 3. The van der Waals surface area contributed by atoms with Crippen LogP contribution in [0.5, 0.6) is 0 Å². The minimum atomic E-state index is -0.583. The predicted molar refractivity (Wildman–Crippen MR) is 57.3 cm³/mol. The summed E-state index contributed by atoms with van der Waals surface area (Å²) in [5, 5.41) is 4.69. The second kappa shape index (κ2) is 4.61. The Morgan fingerprint density at radius 1 is 1.25 bits per heavy atom. The Labute approximate surface area is 95.5 Å². The number of hydrogen-bond donors (Lipinski definition) is 0. The molecule has 0 fully saturated rings. The highest BCUT2D eigenvalue weighted by molar-refractivity contribution is 7.98. The van der Waals surface area contributed by atoms with Crippen LogP contribution in [0.15, 0.2) is 29.7 Å². The zero-order valence-corrected chi connectivity index (χ0v) is 9.34. The number of halogens is 2. The Morgan fingerprint density at radius 3 is 2.56 bits per heavy atom. The molecule has 0 radical (unpaired) electrons. The van der Waals surface area contributed by atoms with Crippen molar-refractivity contribution in [2.75, 3.05) is 6.26 Å². The summed E-state index contributed by atoms with van der Waals surface area (Å²) in [6.45, 7) is 0.310. The van der Waals surface area contributed by atoms with Crippen molar-refractivity contribution < 1.29 is 8.78 Å². The van der Waals surface area contributed by atoms with E-state index in [0.29, 0.717) is 17.3 Å². The zero-order chi connectivity index (χ0) is 11.5. The van der Waals surface area contributed by atoms with E-state index in [-0.39, 0.29) is 0 Å². The second-order valence-electron chi connectivity index (χ2n) is 3.18. The number of benzene rings is 1. The van der Waals surface area contributed by atoms with Crippen molar-refractivity contribution in [2.24, 2.45) is 0 Å². The van der Waals surface area contributed by atoms with Gasteiger partial charge in [0.1, 0.15) is 18.0 Å². The lowest BCUT2D eigenvalue weighted by Crippen LogP contribution is -2.04. The van der Waals surface area contributed by atoms with Crippen LogP contribution in [0.3, 0.4) is 0 Å². The molecule has 0 saturated heterocycles. The minimum absolute atomic E-state index is 0.310. The molecule has 2 aromatic rings. The van der Waals surface area contributed by atoms with Crippen molar-refractivity contribution >= 4 is 11.8 Å². The third-order valence-corrected chi connectivity index (χ3v) is 2.70. The molecule has 0 aliphatic carbocycles. The van der Waals surface area contributed by atoms with Gasteiger partial charge in [0.2, 0.25) is 0 Å². The van der Waals surface area contributed by atoms with Gasteiger partial charge in [0.15, 0.2) is 5.16 Å². The van der Waals surface area contributed by atoms with Crippen LogP contribution in [-0.4, -0.2) is 21.0 Å². The van der Waals surface area contributed by atoms with Crippen molar-refractivity contribution in [1.29, 1.82) is 0 Å². The molecule has 6 heteroatoms. The summed E-state index contributed by atoms with van der Waals surface area (Å²) in [6.07, 6.45) is 3.29. The number of hydrogen-bond acceptors (Lipinski definition) is 3. The highest BCUT2D eigenvalue weighted by atomic mass is 32.2. The van der Waals surface area contributed by atoms with E-state index >= 15 is 0 Å². The summed E-state index contributed by atoms with van der Waals surface area (Å²) in [7, 11) is 0. The van der Waals surface area contributed by atoms with E-state index in [2.05, 4.69) is 10.1 Å². The van der Waals surface area contributed by atoms with Gasteiger partial charge in [-0.15, -0.1) is 0 Å². The molecular weight excluding hydrogens is 232 g/mol. The first kappa shape index (κ1) is 11.1. The summed E-state index contributed by atoms with van der Waals surface area (Å²) < 4.78 is 27.5. The van der Waals surface area contributed by atoms with Crippen LogP contribution in [0.1, 0.15) is 5.56 Å². The molecule has 0 spiro atoms. The van der Waals surface area contributed by atoms with Crippen molar-refractivity contribution in [3.05, 3.63) is 41.7 Å². The van der Waals surface area contributed by atoms with Gasteiger partial charge in [0.25, 0.3) is 0 Å². The first-order valence-corrected chi connectivity index (χ1v) is 5.78. The molecular formula is C10H9F2N3S. The fourth-order valence-electron chi connectivity index (χ4n) is 1.40. The lowest BCUT2D eigenvalue weighted by molar-refractivity contribution is 0.567. The van der Waals surface area contributed by atoms with Crippen molar-refractivity contribution in [1.82, 2.24) is 14.8 Å². The third-order valence-electron chi connectivity index (χ3n) is 2.02. The van der Waals surface area contributed by atoms with Gasteiger partial charge in [0.05, 0.1) is 6.54 Å². The maximum Gasteiger partial charge on any atom is 0.186 e. The van der Waals surface area contributed by atoms with Crippen molar-refractivity contribution in [3.8, 4) is 0 Å². The molecule has 0 bridgehead atoms. The standard InChI is InChI=1S/C10H9F2N3S/c1-16-10-13-6-14-15(10)5-7-2-8(11)4-9(12)3-7/h2-4,6H,5H2,1H3. The highest BCUT2D eigenvalue weighted by Crippen LogP contribution is 2.14. The summed E-state index contributed by atoms with van der Waals surface area (Å²) in [4.78, 5) is 4.00. The summed E-state index contributed by atoms with van der Waals surface area (Å²) in [6, 6.07) is 3.42. The average molecular weight is 241 g/mol.